The van der Waals surface area contributed by atoms with Crippen molar-refractivity contribution in [2.24, 2.45) is 5.41 Å². The molecule has 29 heavy (non-hydrogen) atoms. The molecule has 3 aromatic heterocycles. The molecule has 8 nitrogen and oxygen atoms in total. The number of furan rings is 1. The van der Waals surface area contributed by atoms with Gasteiger partial charge in [0, 0.05) is 43.6 Å². The molecule has 1 aliphatic heterocycles. The number of likely N-dealkylation sites (tertiary alicyclic amines) is 1. The van der Waals surface area contributed by atoms with Crippen LogP contribution in [0.25, 0.3) is 5.69 Å². The maximum absolute atomic E-state index is 13.0. The zero-order valence-electron chi connectivity index (χ0n) is 16.5. The summed E-state index contributed by atoms with van der Waals surface area (Å²) in [5.41, 5.74) is 0.973. The predicted octanol–water partition coefficient (Wildman–Crippen LogP) is 2.45. The molecule has 1 N–H and O–H groups in total. The number of aromatic nitrogens is 3. The second-order valence-electron chi connectivity index (χ2n) is 7.73. The molecular formula is C21H23N5O3. The minimum Gasteiger partial charge on any atom is -0.456 e. The topological polar surface area (TPSA) is 93.3 Å². The Morgan fingerprint density at radius 2 is 2.14 bits per heavy atom. The zero-order chi connectivity index (χ0) is 20.4. The first-order chi connectivity index (χ1) is 13.9. The largest absolute Gasteiger partial charge is 0.456 e. The molecule has 0 radical (unpaired) electrons. The van der Waals surface area contributed by atoms with Gasteiger partial charge in [0.05, 0.1) is 5.69 Å². The van der Waals surface area contributed by atoms with E-state index < -0.39 is 0 Å². The smallest absolute Gasteiger partial charge is 0.287 e. The van der Waals surface area contributed by atoms with Crippen LogP contribution in [-0.4, -0.2) is 51.1 Å². The van der Waals surface area contributed by atoms with Crippen molar-refractivity contribution in [3.05, 3.63) is 66.1 Å². The third kappa shape index (κ3) is 4.06. The number of hydrogen-bond acceptors (Lipinski definition) is 5. The molecule has 8 heteroatoms. The number of nitrogens with zero attached hydrogens (tertiary/aromatic N) is 4. The predicted molar refractivity (Wildman–Crippen MR) is 106 cm³/mol. The number of carbonyl (C=O) groups is 2. The molecule has 150 valence electrons. The van der Waals surface area contributed by atoms with Crippen LogP contribution in [0.3, 0.4) is 0 Å². The summed E-state index contributed by atoms with van der Waals surface area (Å²) in [5, 5.41) is 7.11. The highest BCUT2D eigenvalue weighted by Gasteiger charge is 2.37. The number of carbonyl (C=O) groups excluding carboxylic acids is 2. The SMILES string of the molecule is Cc1ccc(C(=O)NCC2(C)CCN(C(=O)c3cc(-n4cccn4)ccn3)C2)o1. The van der Waals surface area contributed by atoms with Crippen LogP contribution in [0, 0.1) is 12.3 Å². The highest BCUT2D eigenvalue weighted by molar-refractivity contribution is 5.93. The summed E-state index contributed by atoms with van der Waals surface area (Å²) in [6.45, 7) is 5.52. The van der Waals surface area contributed by atoms with Gasteiger partial charge < -0.3 is 14.6 Å². The summed E-state index contributed by atoms with van der Waals surface area (Å²) in [4.78, 5) is 31.2. The summed E-state index contributed by atoms with van der Waals surface area (Å²) in [6, 6.07) is 8.80. The maximum Gasteiger partial charge on any atom is 0.287 e. The molecule has 1 atom stereocenters. The monoisotopic (exact) mass is 393 g/mol. The number of rotatable bonds is 5. The van der Waals surface area contributed by atoms with E-state index in [1.54, 1.807) is 47.1 Å². The molecule has 1 fully saturated rings. The van der Waals surface area contributed by atoms with Crippen molar-refractivity contribution in [1.82, 2.24) is 25.0 Å². The van der Waals surface area contributed by atoms with Crippen molar-refractivity contribution in [2.75, 3.05) is 19.6 Å². The van der Waals surface area contributed by atoms with E-state index in [1.807, 2.05) is 18.3 Å². The molecule has 0 spiro atoms. The molecule has 4 rings (SSSR count). The lowest BCUT2D eigenvalue weighted by atomic mass is 9.90. The van der Waals surface area contributed by atoms with Gasteiger partial charge in [-0.2, -0.15) is 5.10 Å². The van der Waals surface area contributed by atoms with Crippen LogP contribution in [0.2, 0.25) is 0 Å². The van der Waals surface area contributed by atoms with Crippen LogP contribution in [0.15, 0.2) is 53.3 Å². The first kappa shape index (κ1) is 18.9. The van der Waals surface area contributed by atoms with E-state index >= 15 is 0 Å². The quantitative estimate of drug-likeness (QED) is 0.719. The minimum atomic E-state index is -0.238. The maximum atomic E-state index is 13.0. The first-order valence-corrected chi connectivity index (χ1v) is 9.54. The lowest BCUT2D eigenvalue weighted by molar-refractivity contribution is 0.0768. The molecular weight excluding hydrogens is 370 g/mol. The number of hydrogen-bond donors (Lipinski definition) is 1. The van der Waals surface area contributed by atoms with Gasteiger partial charge >= 0.3 is 0 Å². The molecule has 1 saturated heterocycles. The summed E-state index contributed by atoms with van der Waals surface area (Å²) in [7, 11) is 0. The summed E-state index contributed by atoms with van der Waals surface area (Å²) >= 11 is 0. The lowest BCUT2D eigenvalue weighted by Crippen LogP contribution is -2.39. The fraction of sp³-hybridized carbons (Fsp3) is 0.333. The normalized spacial score (nSPS) is 18.8. The molecule has 2 amide bonds. The Balaban J connectivity index is 1.39. The van der Waals surface area contributed by atoms with Gasteiger partial charge in [-0.15, -0.1) is 0 Å². The van der Waals surface area contributed by atoms with Crippen molar-refractivity contribution in [3.63, 3.8) is 0 Å². The van der Waals surface area contributed by atoms with Crippen molar-refractivity contribution >= 4 is 11.8 Å². The van der Waals surface area contributed by atoms with Crippen LogP contribution in [-0.2, 0) is 0 Å². The Morgan fingerprint density at radius 1 is 1.28 bits per heavy atom. The third-order valence-electron chi connectivity index (χ3n) is 5.22. The van der Waals surface area contributed by atoms with Gasteiger partial charge in [-0.1, -0.05) is 6.92 Å². The van der Waals surface area contributed by atoms with Gasteiger partial charge in [-0.3, -0.25) is 14.6 Å². The van der Waals surface area contributed by atoms with Gasteiger partial charge in [0.1, 0.15) is 11.5 Å². The molecule has 0 aliphatic carbocycles. The van der Waals surface area contributed by atoms with Gasteiger partial charge in [-0.05, 0) is 43.7 Å². The van der Waals surface area contributed by atoms with Gasteiger partial charge in [0.15, 0.2) is 5.76 Å². The van der Waals surface area contributed by atoms with Crippen LogP contribution < -0.4 is 5.32 Å². The first-order valence-electron chi connectivity index (χ1n) is 9.54. The minimum absolute atomic E-state index is 0.115. The molecule has 0 saturated carbocycles. The van der Waals surface area contributed by atoms with Crippen molar-refractivity contribution in [3.8, 4) is 5.69 Å². The van der Waals surface area contributed by atoms with E-state index in [4.69, 9.17) is 4.42 Å². The molecule has 1 unspecified atom stereocenters. The zero-order valence-corrected chi connectivity index (χ0v) is 16.5. The molecule has 3 aromatic rings. The van der Waals surface area contributed by atoms with E-state index in [2.05, 4.69) is 22.3 Å². The molecule has 0 bridgehead atoms. The van der Waals surface area contributed by atoms with Crippen molar-refractivity contribution in [2.45, 2.75) is 20.3 Å². The molecule has 0 aromatic carbocycles. The number of aryl methyl sites for hydroxylation is 1. The van der Waals surface area contributed by atoms with Gasteiger partial charge in [0.2, 0.25) is 0 Å². The second kappa shape index (κ2) is 7.54. The fourth-order valence-corrected chi connectivity index (χ4v) is 3.54. The van der Waals surface area contributed by atoms with Gasteiger partial charge in [-0.25, -0.2) is 4.68 Å². The average Bonchev–Trinajstić information content (AvgIpc) is 3.47. The summed E-state index contributed by atoms with van der Waals surface area (Å²) in [6.07, 6.45) is 5.92. The number of pyridine rings is 1. The second-order valence-corrected chi connectivity index (χ2v) is 7.73. The Kier molecular flexibility index (Phi) is 4.92. The van der Waals surface area contributed by atoms with Crippen LogP contribution >= 0.6 is 0 Å². The van der Waals surface area contributed by atoms with Gasteiger partial charge in [0.25, 0.3) is 11.8 Å². The average molecular weight is 393 g/mol. The van der Waals surface area contributed by atoms with Crippen molar-refractivity contribution in [1.29, 1.82) is 0 Å². The Morgan fingerprint density at radius 3 is 2.86 bits per heavy atom. The van der Waals surface area contributed by atoms with E-state index in [9.17, 15) is 9.59 Å². The molecule has 1 aliphatic rings. The van der Waals surface area contributed by atoms with E-state index in [0.717, 1.165) is 12.1 Å². The van der Waals surface area contributed by atoms with E-state index in [-0.39, 0.29) is 17.2 Å². The number of amides is 2. The fourth-order valence-electron chi connectivity index (χ4n) is 3.54. The van der Waals surface area contributed by atoms with Crippen LogP contribution in [0.1, 0.15) is 40.1 Å². The molecule has 4 heterocycles. The standard InChI is InChI=1S/C21H23N5O3/c1-15-4-5-18(29-15)19(27)23-13-21(2)7-11-25(14-21)20(28)17-12-16(6-9-22-17)26-10-3-8-24-26/h3-6,8-10,12H,7,11,13-14H2,1-2H3,(H,23,27). The van der Waals surface area contributed by atoms with Crippen LogP contribution in [0.4, 0.5) is 0 Å². The Labute approximate surface area is 168 Å². The highest BCUT2D eigenvalue weighted by atomic mass is 16.3. The van der Waals surface area contributed by atoms with Crippen LogP contribution in [0.5, 0.6) is 0 Å². The van der Waals surface area contributed by atoms with Crippen molar-refractivity contribution < 1.29 is 14.0 Å². The Hall–Kier alpha value is -3.42. The Bertz CT molecular complexity index is 1030. The highest BCUT2D eigenvalue weighted by Crippen LogP contribution is 2.30. The number of nitrogens with one attached hydrogen (secondary N) is 1. The summed E-state index contributed by atoms with van der Waals surface area (Å²) in [5.74, 6) is 0.647. The third-order valence-corrected chi connectivity index (χ3v) is 5.22. The van der Waals surface area contributed by atoms with E-state index in [0.29, 0.717) is 36.8 Å². The lowest BCUT2D eigenvalue weighted by Gasteiger charge is -2.24. The van der Waals surface area contributed by atoms with E-state index in [1.165, 1.54) is 0 Å². The summed E-state index contributed by atoms with van der Waals surface area (Å²) < 4.78 is 7.05.